The van der Waals surface area contributed by atoms with Gasteiger partial charge in [0.25, 0.3) is 5.91 Å². The third-order valence-corrected chi connectivity index (χ3v) is 4.93. The Bertz CT molecular complexity index is 1080. The highest BCUT2D eigenvalue weighted by atomic mass is 19.1. The maximum atomic E-state index is 13.0. The Balaban J connectivity index is 1.36. The summed E-state index contributed by atoms with van der Waals surface area (Å²) >= 11 is 0. The number of hydrogen-bond donors (Lipinski definition) is 2. The molecule has 2 heterocycles. The standard InChI is InChI=1S/C20H18FN3O4/c21-14-3-1-13(2-4-14)19(26)24-9-7-12(8-10-24)18(25)22-15-5-6-17-16(11-15)23-20(27)28-17/h1-6,11-12H,7-10H2,(H,22,25)(H,23,27). The Kier molecular flexibility index (Phi) is 4.68. The molecule has 7 nitrogen and oxygen atoms in total. The molecule has 2 N–H and O–H groups in total. The Morgan fingerprint density at radius 2 is 1.82 bits per heavy atom. The molecule has 0 aliphatic carbocycles. The molecule has 0 radical (unpaired) electrons. The highest BCUT2D eigenvalue weighted by Gasteiger charge is 2.28. The molecule has 1 saturated heterocycles. The number of carbonyl (C=O) groups excluding carboxylic acids is 2. The highest BCUT2D eigenvalue weighted by molar-refractivity contribution is 5.96. The van der Waals surface area contributed by atoms with Gasteiger partial charge in [-0.1, -0.05) is 0 Å². The number of H-pyrrole nitrogens is 1. The summed E-state index contributed by atoms with van der Waals surface area (Å²) in [7, 11) is 0. The molecular formula is C20H18FN3O4. The summed E-state index contributed by atoms with van der Waals surface area (Å²) in [5.41, 5.74) is 1.95. The van der Waals surface area contributed by atoms with Gasteiger partial charge in [-0.25, -0.2) is 9.18 Å². The third-order valence-electron chi connectivity index (χ3n) is 4.93. The molecule has 2 amide bonds. The molecule has 3 aromatic rings. The van der Waals surface area contributed by atoms with Gasteiger partial charge in [-0.3, -0.25) is 14.6 Å². The number of nitrogens with zero attached hydrogens (tertiary/aromatic N) is 1. The molecule has 0 atom stereocenters. The van der Waals surface area contributed by atoms with Crippen molar-refractivity contribution < 1.29 is 18.4 Å². The Labute approximate surface area is 159 Å². The van der Waals surface area contributed by atoms with E-state index in [2.05, 4.69) is 10.3 Å². The van der Waals surface area contributed by atoms with Crippen molar-refractivity contribution in [3.63, 3.8) is 0 Å². The molecule has 0 saturated carbocycles. The molecule has 1 aliphatic heterocycles. The van der Waals surface area contributed by atoms with Crippen LogP contribution in [0.4, 0.5) is 10.1 Å². The van der Waals surface area contributed by atoms with E-state index in [1.54, 1.807) is 23.1 Å². The number of carbonyl (C=O) groups is 2. The van der Waals surface area contributed by atoms with Crippen LogP contribution in [0.3, 0.4) is 0 Å². The summed E-state index contributed by atoms with van der Waals surface area (Å²) in [6.45, 7) is 0.921. The first-order valence-electron chi connectivity index (χ1n) is 8.98. The molecule has 0 unspecified atom stereocenters. The van der Waals surface area contributed by atoms with Crippen LogP contribution in [0.5, 0.6) is 0 Å². The summed E-state index contributed by atoms with van der Waals surface area (Å²) in [5.74, 6) is -1.43. The number of likely N-dealkylation sites (tertiary alicyclic amines) is 1. The smallest absolute Gasteiger partial charge is 0.408 e. The van der Waals surface area contributed by atoms with E-state index in [1.165, 1.54) is 24.3 Å². The summed E-state index contributed by atoms with van der Waals surface area (Å²) in [4.78, 5) is 40.5. The molecule has 0 bridgehead atoms. The fourth-order valence-corrected chi connectivity index (χ4v) is 3.39. The topological polar surface area (TPSA) is 95.4 Å². The predicted molar refractivity (Wildman–Crippen MR) is 100 cm³/mol. The second-order valence-electron chi connectivity index (χ2n) is 6.79. The number of nitrogens with one attached hydrogen (secondary N) is 2. The first-order chi connectivity index (χ1) is 13.5. The van der Waals surface area contributed by atoms with E-state index in [4.69, 9.17) is 4.42 Å². The molecule has 1 aromatic heterocycles. The minimum atomic E-state index is -0.545. The van der Waals surface area contributed by atoms with E-state index in [0.29, 0.717) is 48.3 Å². The van der Waals surface area contributed by atoms with Gasteiger partial charge in [0.05, 0.1) is 5.52 Å². The van der Waals surface area contributed by atoms with Crippen molar-refractivity contribution in [2.24, 2.45) is 5.92 Å². The van der Waals surface area contributed by atoms with Crippen LogP contribution >= 0.6 is 0 Å². The van der Waals surface area contributed by atoms with Crippen LogP contribution in [0, 0.1) is 11.7 Å². The number of piperidine rings is 1. The molecular weight excluding hydrogens is 365 g/mol. The SMILES string of the molecule is O=C(Nc1ccc2oc(=O)[nH]c2c1)C1CCN(C(=O)c2ccc(F)cc2)CC1. The Morgan fingerprint density at radius 1 is 1.11 bits per heavy atom. The Morgan fingerprint density at radius 3 is 2.54 bits per heavy atom. The van der Waals surface area contributed by atoms with Crippen LogP contribution in [-0.4, -0.2) is 34.8 Å². The van der Waals surface area contributed by atoms with E-state index in [-0.39, 0.29) is 23.5 Å². The van der Waals surface area contributed by atoms with Crippen molar-refractivity contribution in [3.05, 3.63) is 64.4 Å². The molecule has 0 spiro atoms. The largest absolute Gasteiger partial charge is 0.417 e. The molecule has 1 aliphatic rings. The first-order valence-corrected chi connectivity index (χ1v) is 8.98. The van der Waals surface area contributed by atoms with Gasteiger partial charge in [-0.15, -0.1) is 0 Å². The average Bonchev–Trinajstić information content (AvgIpc) is 3.07. The number of fused-ring (bicyclic) bond motifs is 1. The van der Waals surface area contributed by atoms with Crippen molar-refractivity contribution >= 4 is 28.6 Å². The quantitative estimate of drug-likeness (QED) is 0.727. The second kappa shape index (κ2) is 7.30. The van der Waals surface area contributed by atoms with Crippen LogP contribution in [0.25, 0.3) is 11.1 Å². The molecule has 2 aromatic carbocycles. The predicted octanol–water partition coefficient (Wildman–Crippen LogP) is 2.75. The molecule has 8 heteroatoms. The number of oxazole rings is 1. The number of hydrogen-bond acceptors (Lipinski definition) is 4. The van der Waals surface area contributed by atoms with Crippen molar-refractivity contribution in [3.8, 4) is 0 Å². The van der Waals surface area contributed by atoms with Crippen LogP contribution < -0.4 is 11.1 Å². The average molecular weight is 383 g/mol. The number of aromatic amines is 1. The summed E-state index contributed by atoms with van der Waals surface area (Å²) in [6.07, 6.45) is 1.09. The van der Waals surface area contributed by atoms with Gasteiger partial charge in [0.2, 0.25) is 5.91 Å². The number of anilines is 1. The van der Waals surface area contributed by atoms with Crippen LogP contribution in [0.15, 0.2) is 51.7 Å². The van der Waals surface area contributed by atoms with Gasteiger partial charge in [-0.2, -0.15) is 0 Å². The van der Waals surface area contributed by atoms with Crippen LogP contribution in [0.1, 0.15) is 23.2 Å². The summed E-state index contributed by atoms with van der Waals surface area (Å²) in [5, 5.41) is 2.85. The first kappa shape index (κ1) is 18.0. The monoisotopic (exact) mass is 383 g/mol. The van der Waals surface area contributed by atoms with Gasteiger partial charge in [0.15, 0.2) is 5.58 Å². The molecule has 144 valence electrons. The van der Waals surface area contributed by atoms with Gasteiger partial charge in [0.1, 0.15) is 5.82 Å². The van der Waals surface area contributed by atoms with E-state index >= 15 is 0 Å². The van der Waals surface area contributed by atoms with Crippen molar-refractivity contribution in [2.45, 2.75) is 12.8 Å². The van der Waals surface area contributed by atoms with Gasteiger partial charge < -0.3 is 14.6 Å². The van der Waals surface area contributed by atoms with E-state index in [0.717, 1.165) is 0 Å². The minimum Gasteiger partial charge on any atom is -0.408 e. The minimum absolute atomic E-state index is 0.126. The van der Waals surface area contributed by atoms with E-state index in [1.807, 2.05) is 0 Å². The lowest BCUT2D eigenvalue weighted by molar-refractivity contribution is -0.121. The maximum absolute atomic E-state index is 13.0. The third kappa shape index (κ3) is 3.66. The second-order valence-corrected chi connectivity index (χ2v) is 6.79. The van der Waals surface area contributed by atoms with Crippen LogP contribution in [0.2, 0.25) is 0 Å². The van der Waals surface area contributed by atoms with E-state index < -0.39 is 5.76 Å². The zero-order valence-corrected chi connectivity index (χ0v) is 14.9. The van der Waals surface area contributed by atoms with Gasteiger partial charge >= 0.3 is 5.76 Å². The Hall–Kier alpha value is -3.42. The molecule has 1 fully saturated rings. The number of amides is 2. The van der Waals surface area contributed by atoms with Crippen molar-refractivity contribution in [1.29, 1.82) is 0 Å². The maximum Gasteiger partial charge on any atom is 0.417 e. The lowest BCUT2D eigenvalue weighted by atomic mass is 9.95. The number of benzene rings is 2. The van der Waals surface area contributed by atoms with Crippen LogP contribution in [-0.2, 0) is 4.79 Å². The number of aromatic nitrogens is 1. The van der Waals surface area contributed by atoms with E-state index in [9.17, 15) is 18.8 Å². The van der Waals surface area contributed by atoms with Gasteiger partial charge in [-0.05, 0) is 55.3 Å². The molecule has 28 heavy (non-hydrogen) atoms. The van der Waals surface area contributed by atoms with Gasteiger partial charge in [0, 0.05) is 30.3 Å². The van der Waals surface area contributed by atoms with Crippen molar-refractivity contribution in [1.82, 2.24) is 9.88 Å². The summed E-state index contributed by atoms with van der Waals surface area (Å²) in [6, 6.07) is 10.4. The number of rotatable bonds is 3. The molecule has 4 rings (SSSR count). The zero-order valence-electron chi connectivity index (χ0n) is 14.9. The zero-order chi connectivity index (χ0) is 19.7. The lowest BCUT2D eigenvalue weighted by Gasteiger charge is -2.31. The number of halogens is 1. The lowest BCUT2D eigenvalue weighted by Crippen LogP contribution is -2.41. The summed E-state index contributed by atoms with van der Waals surface area (Å²) < 4.78 is 17.9. The fraction of sp³-hybridized carbons (Fsp3) is 0.250. The highest BCUT2D eigenvalue weighted by Crippen LogP contribution is 2.22. The fourth-order valence-electron chi connectivity index (χ4n) is 3.39. The van der Waals surface area contributed by atoms with Crippen molar-refractivity contribution in [2.75, 3.05) is 18.4 Å². The normalized spacial score (nSPS) is 15.0.